The monoisotopic (exact) mass is 290 g/mol. The van der Waals surface area contributed by atoms with Crippen LogP contribution in [-0.2, 0) is 9.84 Å². The summed E-state index contributed by atoms with van der Waals surface area (Å²) in [6.45, 7) is 6.33. The maximum Gasteiger partial charge on any atom is 0.119 e. The fourth-order valence-corrected chi connectivity index (χ4v) is 1.74. The van der Waals surface area contributed by atoms with E-state index in [9.17, 15) is 5.11 Å². The molecule has 0 unspecified atom stereocenters. The quantitative estimate of drug-likeness (QED) is 0.618. The molecule has 0 aromatic heterocycles. The minimum absolute atomic E-state index is 0.0197. The van der Waals surface area contributed by atoms with Gasteiger partial charge in [0.1, 0.15) is 5.75 Å². The summed E-state index contributed by atoms with van der Waals surface area (Å²) >= 11 is 2.33. The molecule has 1 N–H and O–H groups in total. The highest BCUT2D eigenvalue weighted by atomic mass is 127. The zero-order valence-corrected chi connectivity index (χ0v) is 10.4. The van der Waals surface area contributed by atoms with Gasteiger partial charge in [0.2, 0.25) is 0 Å². The van der Waals surface area contributed by atoms with E-state index in [1.54, 1.807) is 6.07 Å². The summed E-state index contributed by atoms with van der Waals surface area (Å²) in [5, 5.41) is 9.66. The molecule has 72 valence electrons. The number of alkyl halides is 1. The Balaban J connectivity index is 3.19. The van der Waals surface area contributed by atoms with Crippen LogP contribution in [0.2, 0.25) is 0 Å². The summed E-state index contributed by atoms with van der Waals surface area (Å²) in [6, 6.07) is 5.84. The third kappa shape index (κ3) is 2.59. The van der Waals surface area contributed by atoms with E-state index in [1.165, 1.54) is 5.56 Å². The highest BCUT2D eigenvalue weighted by Crippen LogP contribution is 2.31. The van der Waals surface area contributed by atoms with Crippen molar-refractivity contribution in [2.75, 3.05) is 0 Å². The summed E-state index contributed by atoms with van der Waals surface area (Å²) in [5.41, 5.74) is 2.32. The van der Waals surface area contributed by atoms with E-state index in [2.05, 4.69) is 49.4 Å². The SMILES string of the molecule is CC(C)(C)c1cc(CI)ccc1O. The Morgan fingerprint density at radius 2 is 1.92 bits per heavy atom. The van der Waals surface area contributed by atoms with Gasteiger partial charge in [0.15, 0.2) is 0 Å². The number of phenolic OH excluding ortho intramolecular Hbond substituents is 1. The zero-order chi connectivity index (χ0) is 10.1. The first kappa shape index (κ1) is 10.8. The van der Waals surface area contributed by atoms with Gasteiger partial charge >= 0.3 is 0 Å². The molecule has 0 saturated heterocycles. The lowest BCUT2D eigenvalue weighted by atomic mass is 9.85. The van der Waals surface area contributed by atoms with Crippen LogP contribution in [-0.4, -0.2) is 5.11 Å². The molecule has 13 heavy (non-hydrogen) atoms. The summed E-state index contributed by atoms with van der Waals surface area (Å²) < 4.78 is 0.987. The van der Waals surface area contributed by atoms with Crippen molar-refractivity contribution in [2.45, 2.75) is 30.6 Å². The van der Waals surface area contributed by atoms with Gasteiger partial charge in [-0.15, -0.1) is 0 Å². The fourth-order valence-electron chi connectivity index (χ4n) is 1.27. The number of hydrogen-bond acceptors (Lipinski definition) is 1. The van der Waals surface area contributed by atoms with E-state index in [0.29, 0.717) is 5.75 Å². The molecule has 0 atom stereocenters. The van der Waals surface area contributed by atoms with Gasteiger partial charge in [0, 0.05) is 4.43 Å². The van der Waals surface area contributed by atoms with E-state index >= 15 is 0 Å². The average molecular weight is 290 g/mol. The first-order valence-corrected chi connectivity index (χ1v) is 5.86. The molecule has 0 aliphatic heterocycles. The smallest absolute Gasteiger partial charge is 0.119 e. The van der Waals surface area contributed by atoms with Crippen molar-refractivity contribution in [1.29, 1.82) is 0 Å². The van der Waals surface area contributed by atoms with E-state index in [1.807, 2.05) is 6.07 Å². The van der Waals surface area contributed by atoms with Crippen LogP contribution in [0.25, 0.3) is 0 Å². The molecule has 0 spiro atoms. The van der Waals surface area contributed by atoms with Gasteiger partial charge in [0.05, 0.1) is 0 Å². The number of benzene rings is 1. The summed E-state index contributed by atoms with van der Waals surface area (Å²) in [5.74, 6) is 0.404. The third-order valence-corrected chi connectivity index (χ3v) is 2.90. The predicted molar refractivity (Wildman–Crippen MR) is 64.5 cm³/mol. The summed E-state index contributed by atoms with van der Waals surface area (Å²) in [4.78, 5) is 0. The highest BCUT2D eigenvalue weighted by molar-refractivity contribution is 14.1. The van der Waals surface area contributed by atoms with Crippen molar-refractivity contribution in [3.63, 3.8) is 0 Å². The normalized spacial score (nSPS) is 11.7. The molecule has 2 heteroatoms. The van der Waals surface area contributed by atoms with Gasteiger partial charge in [-0.25, -0.2) is 0 Å². The minimum atomic E-state index is 0.0197. The molecule has 1 aromatic rings. The molecular formula is C11H15IO. The van der Waals surface area contributed by atoms with Gasteiger partial charge in [-0.3, -0.25) is 0 Å². The predicted octanol–water partition coefficient (Wildman–Crippen LogP) is 3.62. The number of halogens is 1. The molecule has 1 rings (SSSR count). The molecule has 0 fully saturated rings. The zero-order valence-electron chi connectivity index (χ0n) is 8.26. The standard InChI is InChI=1S/C11H15IO/c1-11(2,3)9-6-8(7-12)4-5-10(9)13/h4-6,13H,7H2,1-3H3. The van der Waals surface area contributed by atoms with Crippen LogP contribution in [0.3, 0.4) is 0 Å². The van der Waals surface area contributed by atoms with Crippen LogP contribution in [0.4, 0.5) is 0 Å². The van der Waals surface area contributed by atoms with Crippen LogP contribution >= 0.6 is 22.6 Å². The Morgan fingerprint density at radius 1 is 1.31 bits per heavy atom. The number of hydrogen-bond donors (Lipinski definition) is 1. The highest BCUT2D eigenvalue weighted by Gasteiger charge is 2.17. The molecule has 0 aliphatic rings. The lowest BCUT2D eigenvalue weighted by molar-refractivity contribution is 0.446. The molecule has 0 bridgehead atoms. The Bertz CT molecular complexity index is 299. The fraction of sp³-hybridized carbons (Fsp3) is 0.455. The molecule has 0 radical (unpaired) electrons. The number of rotatable bonds is 1. The van der Waals surface area contributed by atoms with Crippen LogP contribution in [0.1, 0.15) is 31.9 Å². The summed E-state index contributed by atoms with van der Waals surface area (Å²) in [6.07, 6.45) is 0. The second kappa shape index (κ2) is 3.86. The van der Waals surface area contributed by atoms with Gasteiger partial charge in [0.25, 0.3) is 0 Å². The van der Waals surface area contributed by atoms with Crippen LogP contribution in [0.15, 0.2) is 18.2 Å². The Labute approximate surface area is 93.3 Å². The third-order valence-electron chi connectivity index (χ3n) is 2.02. The number of phenols is 1. The van der Waals surface area contributed by atoms with Gasteiger partial charge in [-0.05, 0) is 22.6 Å². The van der Waals surface area contributed by atoms with Crippen molar-refractivity contribution in [3.8, 4) is 5.75 Å². The van der Waals surface area contributed by atoms with E-state index < -0.39 is 0 Å². The van der Waals surface area contributed by atoms with Crippen molar-refractivity contribution in [3.05, 3.63) is 29.3 Å². The Morgan fingerprint density at radius 3 is 2.38 bits per heavy atom. The first-order valence-electron chi connectivity index (χ1n) is 4.33. The first-order chi connectivity index (χ1) is 5.95. The van der Waals surface area contributed by atoms with Crippen molar-refractivity contribution >= 4 is 22.6 Å². The number of aromatic hydroxyl groups is 1. The maximum atomic E-state index is 9.66. The molecule has 0 saturated carbocycles. The Kier molecular flexibility index (Phi) is 3.22. The molecule has 0 heterocycles. The molecule has 0 aliphatic carbocycles. The minimum Gasteiger partial charge on any atom is -0.508 e. The van der Waals surface area contributed by atoms with Crippen molar-refractivity contribution in [1.82, 2.24) is 0 Å². The molecule has 0 amide bonds. The summed E-state index contributed by atoms with van der Waals surface area (Å²) in [7, 11) is 0. The van der Waals surface area contributed by atoms with Crippen LogP contribution in [0.5, 0.6) is 5.75 Å². The van der Waals surface area contributed by atoms with Crippen molar-refractivity contribution < 1.29 is 5.11 Å². The Hall–Kier alpha value is -0.250. The van der Waals surface area contributed by atoms with Gasteiger partial charge in [-0.1, -0.05) is 55.5 Å². The van der Waals surface area contributed by atoms with Crippen LogP contribution in [0, 0.1) is 0 Å². The maximum absolute atomic E-state index is 9.66. The van der Waals surface area contributed by atoms with Gasteiger partial charge < -0.3 is 5.11 Å². The molecule has 1 aromatic carbocycles. The van der Waals surface area contributed by atoms with Crippen molar-refractivity contribution in [2.24, 2.45) is 0 Å². The largest absolute Gasteiger partial charge is 0.508 e. The topological polar surface area (TPSA) is 20.2 Å². The van der Waals surface area contributed by atoms with E-state index in [0.717, 1.165) is 9.99 Å². The second-order valence-electron chi connectivity index (χ2n) is 4.24. The average Bonchev–Trinajstić information content (AvgIpc) is 2.03. The lowest BCUT2D eigenvalue weighted by Crippen LogP contribution is -2.11. The van der Waals surface area contributed by atoms with Crippen LogP contribution < -0.4 is 0 Å². The molecular weight excluding hydrogens is 275 g/mol. The second-order valence-corrected chi connectivity index (χ2v) is 5.00. The van der Waals surface area contributed by atoms with Gasteiger partial charge in [-0.2, -0.15) is 0 Å². The van der Waals surface area contributed by atoms with E-state index in [4.69, 9.17) is 0 Å². The lowest BCUT2D eigenvalue weighted by Gasteiger charge is -2.20. The molecule has 1 nitrogen and oxygen atoms in total. The van der Waals surface area contributed by atoms with E-state index in [-0.39, 0.29) is 5.41 Å².